The molecule has 0 spiro atoms. The average molecular weight is 1810 g/mol. The number of rotatable bonds is 22. The number of nitrogens with zero attached hydrogens (tertiary/aromatic N) is 1. The number of piperidine rings is 1. The molecule has 6 aromatic carbocycles. The number of Topliss-reactive ketones (excluding diaryl/α,β-unsaturated/α-hetero) is 2. The Balaban J connectivity index is 0.939. The van der Waals surface area contributed by atoms with Crippen molar-refractivity contribution in [1.29, 1.82) is 0 Å². The van der Waals surface area contributed by atoms with E-state index in [0.29, 0.717) is 18.8 Å². The number of carboxylic acids is 1. The summed E-state index contributed by atoms with van der Waals surface area (Å²) in [4.78, 5) is 123. The molecule has 0 radical (unpaired) electrons. The second kappa shape index (κ2) is 40.5. The third kappa shape index (κ3) is 21.6. The zero-order valence-electron chi connectivity index (χ0n) is 70.3. The number of amides is 5. The van der Waals surface area contributed by atoms with Crippen LogP contribution in [0.5, 0.6) is 46.0 Å². The fourth-order valence-corrected chi connectivity index (χ4v) is 18.3. The van der Waals surface area contributed by atoms with E-state index in [0.717, 1.165) is 87.8 Å². The number of ether oxygens (including phenoxy) is 8. The van der Waals surface area contributed by atoms with Crippen LogP contribution in [0, 0.1) is 23.7 Å². The molecule has 9 aliphatic heterocycles. The first-order chi connectivity index (χ1) is 60.4. The fourth-order valence-electron chi connectivity index (χ4n) is 17.9. The van der Waals surface area contributed by atoms with Crippen molar-refractivity contribution in [2.75, 3.05) is 19.7 Å². The number of fused-ring (bicyclic) bond motifs is 15. The summed E-state index contributed by atoms with van der Waals surface area (Å²) in [6.07, 6.45) is -25.2. The number of nitrogens with two attached hydrogens (primary N) is 2. The zero-order chi connectivity index (χ0) is 91.5. The molecule has 9 heterocycles. The van der Waals surface area contributed by atoms with Gasteiger partial charge in [0.1, 0.15) is 102 Å². The first-order valence-corrected chi connectivity index (χ1v) is 43.3. The molecular weight excluding hydrogens is 1700 g/mol. The minimum atomic E-state index is -2.31. The number of carbonyl (C=O) groups is 8. The van der Waals surface area contributed by atoms with E-state index in [1.807, 2.05) is 32.0 Å². The maximum atomic E-state index is 16.6. The largest absolute Gasteiger partial charge is 0.508 e. The number of aliphatic hydroxyl groups is 8. The van der Waals surface area contributed by atoms with Crippen molar-refractivity contribution in [3.05, 3.63) is 153 Å². The van der Waals surface area contributed by atoms with Gasteiger partial charge in [-0.15, -0.1) is 0 Å². The molecule has 1 unspecified atom stereocenters. The summed E-state index contributed by atoms with van der Waals surface area (Å²) in [7, 11) is 0. The second-order valence-electron chi connectivity index (χ2n) is 34.7. The van der Waals surface area contributed by atoms with Gasteiger partial charge in [-0.3, -0.25) is 38.5 Å². The summed E-state index contributed by atoms with van der Waals surface area (Å²) in [5, 5.41) is 150. The highest BCUT2D eigenvalue weighted by Crippen LogP contribution is 2.51. The number of hydrogen-bond donors (Lipinski definition) is 18. The lowest BCUT2D eigenvalue weighted by Gasteiger charge is -2.46. The van der Waals surface area contributed by atoms with Crippen LogP contribution in [0.2, 0.25) is 10.0 Å². The molecule has 35 nitrogen and oxygen atoms in total. The van der Waals surface area contributed by atoms with Gasteiger partial charge < -0.3 is 132 Å². The van der Waals surface area contributed by atoms with Crippen molar-refractivity contribution < 1.29 is 138 Å². The molecule has 6 aromatic rings. The molecule has 11 bridgehead atoms. The molecule has 4 saturated heterocycles. The molecule has 0 aromatic heterocycles. The van der Waals surface area contributed by atoms with Gasteiger partial charge >= 0.3 is 5.97 Å². The highest BCUT2D eigenvalue weighted by Gasteiger charge is 2.53. The van der Waals surface area contributed by atoms with E-state index in [-0.39, 0.29) is 52.6 Å². The molecule has 686 valence electrons. The smallest absolute Gasteiger partial charge is 0.330 e. The van der Waals surface area contributed by atoms with Crippen LogP contribution in [0.15, 0.2) is 109 Å². The predicted molar refractivity (Wildman–Crippen MR) is 451 cm³/mol. The molecule has 37 heteroatoms. The van der Waals surface area contributed by atoms with Gasteiger partial charge in [0.25, 0.3) is 0 Å². The number of ketones is 2. The van der Waals surface area contributed by atoms with Gasteiger partial charge in [0.05, 0.1) is 46.8 Å². The van der Waals surface area contributed by atoms with Crippen LogP contribution in [0.1, 0.15) is 175 Å². The third-order valence-corrected chi connectivity index (χ3v) is 25.4. The first kappa shape index (κ1) is 94.9. The van der Waals surface area contributed by atoms with Crippen LogP contribution < -0.4 is 46.9 Å². The van der Waals surface area contributed by atoms with Gasteiger partial charge in [-0.1, -0.05) is 112 Å². The van der Waals surface area contributed by atoms with E-state index in [1.165, 1.54) is 55.8 Å². The number of aliphatic carboxylic acids is 1. The maximum Gasteiger partial charge on any atom is 0.330 e. The minimum Gasteiger partial charge on any atom is -0.508 e. The predicted octanol–water partition coefficient (Wildman–Crippen LogP) is 5.83. The van der Waals surface area contributed by atoms with E-state index >= 15 is 24.0 Å². The highest BCUT2D eigenvalue weighted by molar-refractivity contribution is 6.32. The number of carboxylic acid groups (broad SMARTS) is 1. The van der Waals surface area contributed by atoms with Gasteiger partial charge in [-0.2, -0.15) is 0 Å². The van der Waals surface area contributed by atoms with E-state index in [2.05, 4.69) is 38.3 Å². The molecule has 0 saturated carbocycles. The van der Waals surface area contributed by atoms with Crippen molar-refractivity contribution in [2.24, 2.45) is 35.1 Å². The molecule has 9 aliphatic rings. The first-order valence-electron chi connectivity index (χ1n) is 42.5. The standard InChI is InChI=1S/C90H109Cl2N7O28/c1-6-44(26-40(2)3)83(114)97-71-58(104)30-49(33-66(93)106)84(115)95-69-48-31-63(121-60-20-17-46(73(71)107)28-54(60)91)80(126-89-78(112)76(110)81(65(39-100)124-89)127-88-77(111)75(109)74(108)62(123-88)15-11-10-12-42-22-24-99(25-23-42)38-43-13-8-7-9-14-43)64(32-48)122-61-21-18-47(29-55(61)92)79(125-67-37-90(5,94)82(113)41(4)120-67)72-86(117)96-70(87(118)119)53-34-50(101)35-57(103)68(53)52-27-45(16-19-56(52)102)51(36-59(69)105)85(116)98-72/h7-9,13-14,16-21,27-29,31-32,34-35,40-42,44,49,51,62,65,67,69-79,81-82,88-89,100-103,107-113H,6,10-12,15,22-26,30,33,36-39,94H2,1-5H3,(H2,93,106)(H,95,115)(H,96,117)(H,97,114)(H,98,116)(H,118,119)/t41-,44+,49-,51+,62+,65+,67?,69+,70+,71-,72-,73+,74-,75-,76+,77+,78+,79+,81+,82-,88-,89-,90-/m0/s1. The van der Waals surface area contributed by atoms with Gasteiger partial charge in [0, 0.05) is 66.4 Å². The van der Waals surface area contributed by atoms with Crippen LogP contribution >= 0.6 is 23.2 Å². The number of hydrogen-bond acceptors (Lipinski definition) is 29. The van der Waals surface area contributed by atoms with Gasteiger partial charge in [0.2, 0.25) is 41.6 Å². The summed E-state index contributed by atoms with van der Waals surface area (Å²) >= 11 is 14.6. The number of aromatic hydroxyl groups is 3. The summed E-state index contributed by atoms with van der Waals surface area (Å²) in [5.41, 5.74) is 9.85. The molecule has 20 N–H and O–H groups in total. The lowest BCUT2D eigenvalue weighted by Crippen LogP contribution is -2.64. The van der Waals surface area contributed by atoms with E-state index < -0.39 is 280 Å². The number of primary amides is 1. The molecule has 0 aliphatic carbocycles. The van der Waals surface area contributed by atoms with E-state index in [9.17, 15) is 75.7 Å². The maximum absolute atomic E-state index is 16.6. The zero-order valence-corrected chi connectivity index (χ0v) is 71.8. The Bertz CT molecular complexity index is 5020. The minimum absolute atomic E-state index is 0.0404. The van der Waals surface area contributed by atoms with Crippen molar-refractivity contribution in [1.82, 2.24) is 26.2 Å². The fraction of sp³-hybridized carbons (Fsp3) is 0.511. The number of benzene rings is 6. The summed E-state index contributed by atoms with van der Waals surface area (Å²) in [6, 6.07) is 15.9. The number of aliphatic hydroxyl groups excluding tert-OH is 8. The van der Waals surface area contributed by atoms with Gasteiger partial charge in [-0.25, -0.2) is 4.79 Å². The van der Waals surface area contributed by atoms with E-state index in [1.54, 1.807) is 6.92 Å². The normalized spacial score (nSPS) is 30.7. The number of halogens is 2. The van der Waals surface area contributed by atoms with Crippen LogP contribution in [-0.4, -0.2) is 230 Å². The van der Waals surface area contributed by atoms with Gasteiger partial charge in [-0.05, 0) is 153 Å². The number of phenolic OH excluding ortho intramolecular Hbond substituents is 3. The molecular formula is C90H109Cl2N7O28. The highest BCUT2D eigenvalue weighted by atomic mass is 35.5. The second-order valence-corrected chi connectivity index (χ2v) is 35.5. The Morgan fingerprint density at radius 2 is 1.32 bits per heavy atom. The van der Waals surface area contributed by atoms with Crippen LogP contribution in [0.4, 0.5) is 0 Å². The quantitative estimate of drug-likeness (QED) is 0.0356. The lowest BCUT2D eigenvalue weighted by atomic mass is 9.84. The molecule has 23 atom stereocenters. The lowest BCUT2D eigenvalue weighted by molar-refractivity contribution is -0.351. The average Bonchev–Trinajstić information content (AvgIpc) is 0.768. The summed E-state index contributed by atoms with van der Waals surface area (Å²) < 4.78 is 51.7. The van der Waals surface area contributed by atoms with Crippen molar-refractivity contribution in [3.8, 4) is 57.1 Å². The van der Waals surface area contributed by atoms with Crippen LogP contribution in [0.25, 0.3) is 11.1 Å². The Hall–Kier alpha value is -9.74. The van der Waals surface area contributed by atoms with Crippen molar-refractivity contribution in [2.45, 2.75) is 246 Å². The summed E-state index contributed by atoms with van der Waals surface area (Å²) in [6.45, 7) is 10.1. The van der Waals surface area contributed by atoms with E-state index in [4.69, 9.17) is 72.6 Å². The Kier molecular flexibility index (Phi) is 30.3. The number of carbonyl (C=O) groups excluding carboxylic acids is 7. The van der Waals surface area contributed by atoms with Crippen LogP contribution in [0.3, 0.4) is 0 Å². The molecule has 127 heavy (non-hydrogen) atoms. The monoisotopic (exact) mass is 1810 g/mol. The Labute approximate surface area is 740 Å². The SMILES string of the molecule is CC[C@H](CC(C)C)C(=O)N[C@H]1C(=O)C[C@@H](CC(N)=O)C(=O)N[C@H]2C(=O)C[C@H]3C(=O)N[C@H](C(=O)N[C@@H](C(=O)O)c4cc(O)cc(O)c4-c4cc3ccc4O)[C@H](OC3C[C@](C)(N)[C@@H](O)[C@H](C)O3)c3ccc(c(Cl)c3)Oc3cc2cc(c3O[C@@H]2O[C@H](CO)[C@@H](O[C@@H]3O[C@H](CCCCC4CCN(Cc5ccccc5)CC4)[C@H](O)[C@H](O)[C@H]3O)[C@H](O)[C@H]2O)Oc2ccc(cc2Cl)[C@H]1O. The molecule has 5 amide bonds. The van der Waals surface area contributed by atoms with Gasteiger partial charge in [0.15, 0.2) is 41.7 Å². The Morgan fingerprint density at radius 1 is 0.677 bits per heavy atom. The Morgan fingerprint density at radius 3 is 1.96 bits per heavy atom. The topological polar surface area (TPSA) is 557 Å². The number of phenols is 3. The molecule has 4 fully saturated rings. The summed E-state index contributed by atoms with van der Waals surface area (Å²) in [5.74, 6) is -19.1. The number of unbranched alkanes of at least 4 members (excludes halogenated alkanes) is 1. The number of likely N-dealkylation sites (tertiary alicyclic amines) is 1. The third-order valence-electron chi connectivity index (χ3n) is 24.8. The number of nitrogens with one attached hydrogen (secondary N) is 4. The van der Waals surface area contributed by atoms with Crippen LogP contribution in [-0.2, 0) is 68.6 Å². The molecule has 15 rings (SSSR count). The van der Waals surface area contributed by atoms with Crippen molar-refractivity contribution >= 4 is 70.3 Å². The van der Waals surface area contributed by atoms with Crippen molar-refractivity contribution in [3.63, 3.8) is 0 Å².